The van der Waals surface area contributed by atoms with E-state index in [9.17, 15) is 0 Å². The Morgan fingerprint density at radius 2 is 2.09 bits per heavy atom. The van der Waals surface area contributed by atoms with Crippen molar-refractivity contribution in [1.82, 2.24) is 0 Å². The maximum absolute atomic E-state index is 5.89. The van der Waals surface area contributed by atoms with Gasteiger partial charge in [-0.15, -0.1) is 23.2 Å². The lowest BCUT2D eigenvalue weighted by atomic mass is 10.4. The van der Waals surface area contributed by atoms with Crippen molar-refractivity contribution in [3.63, 3.8) is 0 Å². The van der Waals surface area contributed by atoms with Crippen LogP contribution in [0.5, 0.6) is 0 Å². The highest BCUT2D eigenvalue weighted by atomic mass is 35.5. The molecular weight excluding hydrogens is 203 g/mol. The van der Waals surface area contributed by atoms with E-state index < -0.39 is 4.33 Å². The summed E-state index contributed by atoms with van der Waals surface area (Å²) in [7, 11) is 0. The molecule has 0 N–H and O–H groups in total. The Kier molecular flexibility index (Phi) is 2.67. The monoisotopic (exact) mass is 212 g/mol. The third-order valence-corrected chi connectivity index (χ3v) is 3.48. The first kappa shape index (κ1) is 9.56. The molecule has 0 saturated heterocycles. The fourth-order valence-corrected chi connectivity index (χ4v) is 2.41. The number of thiocarbonyl (C=S) groups is 1. The molecule has 0 bridgehead atoms. The Balaban J connectivity index is 2.47. The maximum Gasteiger partial charge on any atom is 0.166 e. The molecule has 0 heterocycles. The van der Waals surface area contributed by atoms with E-state index in [4.69, 9.17) is 40.2 Å². The van der Waals surface area contributed by atoms with Gasteiger partial charge in [-0.3, -0.25) is 0 Å². The van der Waals surface area contributed by atoms with Crippen LogP contribution in [-0.4, -0.2) is 16.0 Å². The minimum absolute atomic E-state index is 0.0424. The molecule has 1 rings (SSSR count). The van der Waals surface area contributed by atoms with Gasteiger partial charge in [0.05, 0.1) is 12.5 Å². The SMILES string of the molecule is CCOC(=S)C1C(C)C1(Cl)Cl. The summed E-state index contributed by atoms with van der Waals surface area (Å²) in [6.07, 6.45) is 0. The minimum atomic E-state index is -0.674. The van der Waals surface area contributed by atoms with Crippen molar-refractivity contribution in [2.45, 2.75) is 18.2 Å². The van der Waals surface area contributed by atoms with Crippen LogP contribution in [0.4, 0.5) is 0 Å². The van der Waals surface area contributed by atoms with Crippen LogP contribution in [0, 0.1) is 11.8 Å². The van der Waals surface area contributed by atoms with E-state index >= 15 is 0 Å². The second kappa shape index (κ2) is 3.08. The van der Waals surface area contributed by atoms with Gasteiger partial charge in [0.1, 0.15) is 4.33 Å². The molecule has 64 valence electrons. The summed E-state index contributed by atoms with van der Waals surface area (Å²) in [5.74, 6) is 0.269. The minimum Gasteiger partial charge on any atom is -0.487 e. The number of hydrogen-bond donors (Lipinski definition) is 0. The van der Waals surface area contributed by atoms with Gasteiger partial charge in [0.2, 0.25) is 0 Å². The smallest absolute Gasteiger partial charge is 0.166 e. The van der Waals surface area contributed by atoms with Crippen LogP contribution in [0.1, 0.15) is 13.8 Å². The summed E-state index contributed by atoms with van der Waals surface area (Å²) in [4.78, 5) is 0. The quantitative estimate of drug-likeness (QED) is 0.515. The zero-order valence-corrected chi connectivity index (χ0v) is 8.76. The van der Waals surface area contributed by atoms with Crippen molar-refractivity contribution in [3.05, 3.63) is 0 Å². The van der Waals surface area contributed by atoms with Crippen molar-refractivity contribution in [2.75, 3.05) is 6.61 Å². The summed E-state index contributed by atoms with van der Waals surface area (Å²) in [6, 6.07) is 0. The molecule has 1 fully saturated rings. The first-order chi connectivity index (χ1) is 5.01. The van der Waals surface area contributed by atoms with E-state index in [-0.39, 0.29) is 11.8 Å². The lowest BCUT2D eigenvalue weighted by Gasteiger charge is -2.02. The Hall–Kier alpha value is 0.470. The lowest BCUT2D eigenvalue weighted by molar-refractivity contribution is 0.322. The molecule has 0 spiro atoms. The van der Waals surface area contributed by atoms with Crippen molar-refractivity contribution in [3.8, 4) is 0 Å². The zero-order chi connectivity index (χ0) is 8.65. The Morgan fingerprint density at radius 3 is 2.36 bits per heavy atom. The molecule has 1 nitrogen and oxygen atoms in total. The van der Waals surface area contributed by atoms with Gasteiger partial charge in [-0.1, -0.05) is 6.92 Å². The van der Waals surface area contributed by atoms with Gasteiger partial charge in [-0.05, 0) is 19.1 Å². The van der Waals surface area contributed by atoms with E-state index in [0.717, 1.165) is 0 Å². The van der Waals surface area contributed by atoms with Crippen LogP contribution < -0.4 is 0 Å². The van der Waals surface area contributed by atoms with E-state index in [1.807, 2.05) is 13.8 Å². The molecule has 1 aliphatic rings. The number of hydrogen-bond acceptors (Lipinski definition) is 2. The van der Waals surface area contributed by atoms with Crippen molar-refractivity contribution in [2.24, 2.45) is 11.8 Å². The summed E-state index contributed by atoms with van der Waals surface area (Å²) in [5.41, 5.74) is 0. The summed E-state index contributed by atoms with van der Waals surface area (Å²) in [6.45, 7) is 4.45. The molecule has 0 aromatic heterocycles. The highest BCUT2D eigenvalue weighted by Gasteiger charge is 2.63. The summed E-state index contributed by atoms with van der Waals surface area (Å²) in [5, 5.41) is 0.546. The van der Waals surface area contributed by atoms with Crippen LogP contribution >= 0.6 is 35.4 Å². The van der Waals surface area contributed by atoms with Crippen molar-refractivity contribution < 1.29 is 4.74 Å². The highest BCUT2D eigenvalue weighted by Crippen LogP contribution is 2.59. The first-order valence-corrected chi connectivity index (χ1v) is 4.72. The number of alkyl halides is 2. The number of halogens is 2. The molecule has 0 aromatic rings. The predicted molar refractivity (Wildman–Crippen MR) is 51.3 cm³/mol. The van der Waals surface area contributed by atoms with Gasteiger partial charge in [-0.2, -0.15) is 0 Å². The van der Waals surface area contributed by atoms with Gasteiger partial charge >= 0.3 is 0 Å². The fraction of sp³-hybridized carbons (Fsp3) is 0.857. The van der Waals surface area contributed by atoms with Crippen LogP contribution in [-0.2, 0) is 4.74 Å². The molecule has 2 unspecified atom stereocenters. The van der Waals surface area contributed by atoms with Gasteiger partial charge in [0, 0.05) is 5.92 Å². The predicted octanol–water partition coefficient (Wildman–Crippen LogP) is 2.79. The normalized spacial score (nSPS) is 33.1. The molecule has 0 aromatic carbocycles. The molecule has 1 aliphatic carbocycles. The molecule has 0 radical (unpaired) electrons. The molecule has 0 amide bonds. The standard InChI is InChI=1S/C7H10Cl2OS/c1-3-10-6(11)5-4(2)7(5,8)9/h4-5H,3H2,1-2H3. The highest BCUT2D eigenvalue weighted by molar-refractivity contribution is 7.80. The topological polar surface area (TPSA) is 9.23 Å². The van der Waals surface area contributed by atoms with Crippen molar-refractivity contribution >= 4 is 40.5 Å². The number of ether oxygens (including phenoxy) is 1. The largest absolute Gasteiger partial charge is 0.487 e. The molecule has 1 saturated carbocycles. The second-order valence-electron chi connectivity index (χ2n) is 2.69. The third-order valence-electron chi connectivity index (χ3n) is 1.95. The molecule has 0 aliphatic heterocycles. The van der Waals surface area contributed by atoms with E-state index in [1.165, 1.54) is 0 Å². The number of rotatable bonds is 2. The summed E-state index contributed by atoms with van der Waals surface area (Å²) < 4.78 is 4.46. The van der Waals surface area contributed by atoms with E-state index in [0.29, 0.717) is 11.7 Å². The molecule has 4 heteroatoms. The Labute approximate surface area is 82.0 Å². The summed E-state index contributed by atoms with van der Waals surface area (Å²) >= 11 is 16.7. The van der Waals surface area contributed by atoms with Gasteiger partial charge in [0.15, 0.2) is 5.05 Å². The average Bonchev–Trinajstić information content (AvgIpc) is 2.34. The van der Waals surface area contributed by atoms with E-state index in [2.05, 4.69) is 0 Å². The lowest BCUT2D eigenvalue weighted by Crippen LogP contribution is -2.07. The average molecular weight is 213 g/mol. The first-order valence-electron chi connectivity index (χ1n) is 3.56. The van der Waals surface area contributed by atoms with Gasteiger partial charge in [0.25, 0.3) is 0 Å². The molecule has 11 heavy (non-hydrogen) atoms. The van der Waals surface area contributed by atoms with Crippen LogP contribution in [0.2, 0.25) is 0 Å². The van der Waals surface area contributed by atoms with Crippen LogP contribution in [0.15, 0.2) is 0 Å². The molecular formula is C7H10Cl2OS. The van der Waals surface area contributed by atoms with Crippen molar-refractivity contribution in [1.29, 1.82) is 0 Å². The second-order valence-corrected chi connectivity index (χ2v) is 4.54. The van der Waals surface area contributed by atoms with E-state index in [1.54, 1.807) is 0 Å². The van der Waals surface area contributed by atoms with Crippen LogP contribution in [0.25, 0.3) is 0 Å². The third kappa shape index (κ3) is 1.63. The fourth-order valence-electron chi connectivity index (χ4n) is 1.07. The van der Waals surface area contributed by atoms with Gasteiger partial charge in [-0.25, -0.2) is 0 Å². The Bertz CT molecular complexity index is 181. The molecule has 2 atom stereocenters. The Morgan fingerprint density at radius 1 is 1.64 bits per heavy atom. The van der Waals surface area contributed by atoms with Gasteiger partial charge < -0.3 is 4.74 Å². The van der Waals surface area contributed by atoms with Crippen LogP contribution in [0.3, 0.4) is 0 Å². The maximum atomic E-state index is 5.89. The zero-order valence-electron chi connectivity index (χ0n) is 6.43.